The molecule has 3 heterocycles. The lowest BCUT2D eigenvalue weighted by Crippen LogP contribution is -2.40. The zero-order chi connectivity index (χ0) is 27.4. The number of ether oxygens (including phenoxy) is 2. The molecule has 2 aromatic carbocycles. The van der Waals surface area contributed by atoms with Gasteiger partial charge in [-0.05, 0) is 36.8 Å². The summed E-state index contributed by atoms with van der Waals surface area (Å²) in [5.41, 5.74) is 2.70. The molecular formula is C27H28N4O5S3. The minimum atomic E-state index is -3.70. The third kappa shape index (κ3) is 6.01. The standard InChI is InChI=1S/C27H28N4O5S3/c1-35-14-6-11-30-26(32)24(38-27(30)37)18-21-19-31(22-8-3-2-4-9-22)28-25(21)20-7-5-10-23(17-20)39(33,34)29-12-15-36-16-13-29/h2-5,7-10,17-19H,6,11-16H2,1H3. The summed E-state index contributed by atoms with van der Waals surface area (Å²) >= 11 is 6.72. The Balaban J connectivity index is 1.54. The lowest BCUT2D eigenvalue weighted by molar-refractivity contribution is -0.122. The van der Waals surface area contributed by atoms with Gasteiger partial charge >= 0.3 is 0 Å². The molecule has 1 amide bonds. The van der Waals surface area contributed by atoms with Gasteiger partial charge < -0.3 is 9.47 Å². The number of rotatable bonds is 9. The number of nitrogens with zero attached hydrogens (tertiary/aromatic N) is 4. The summed E-state index contributed by atoms with van der Waals surface area (Å²) in [5.74, 6) is -0.164. The second-order valence-corrected chi connectivity index (χ2v) is 12.6. The molecule has 5 rings (SSSR count). The van der Waals surface area contributed by atoms with Crippen LogP contribution in [0.5, 0.6) is 0 Å². The first-order chi connectivity index (χ1) is 18.9. The molecule has 2 fully saturated rings. The summed E-state index contributed by atoms with van der Waals surface area (Å²) in [4.78, 5) is 15.4. The molecule has 0 bridgehead atoms. The van der Waals surface area contributed by atoms with Gasteiger partial charge in [-0.2, -0.15) is 9.40 Å². The first kappa shape index (κ1) is 27.7. The summed E-state index contributed by atoms with van der Waals surface area (Å²) in [6.07, 6.45) is 4.30. The Morgan fingerprint density at radius 3 is 2.64 bits per heavy atom. The van der Waals surface area contributed by atoms with E-state index in [1.54, 1.807) is 41.0 Å². The Kier molecular flexibility index (Phi) is 8.60. The van der Waals surface area contributed by atoms with Gasteiger partial charge in [-0.15, -0.1) is 0 Å². The summed E-state index contributed by atoms with van der Waals surface area (Å²) in [6.45, 7) is 2.38. The monoisotopic (exact) mass is 584 g/mol. The van der Waals surface area contributed by atoms with Crippen molar-refractivity contribution in [1.82, 2.24) is 19.0 Å². The van der Waals surface area contributed by atoms with Crippen LogP contribution in [-0.2, 0) is 24.3 Å². The number of sulfonamides is 1. The Hall–Kier alpha value is -2.87. The van der Waals surface area contributed by atoms with Gasteiger partial charge in [0.05, 0.1) is 28.7 Å². The second kappa shape index (κ2) is 12.1. The van der Waals surface area contributed by atoms with Gasteiger partial charge in [0.25, 0.3) is 5.91 Å². The largest absolute Gasteiger partial charge is 0.385 e. The molecule has 0 radical (unpaired) electrons. The van der Waals surface area contributed by atoms with E-state index in [9.17, 15) is 13.2 Å². The van der Waals surface area contributed by atoms with Gasteiger partial charge in [-0.25, -0.2) is 13.1 Å². The van der Waals surface area contributed by atoms with Crippen LogP contribution in [0, 0.1) is 0 Å². The van der Waals surface area contributed by atoms with Gasteiger partial charge in [-0.3, -0.25) is 9.69 Å². The highest BCUT2D eigenvalue weighted by molar-refractivity contribution is 8.26. The number of hydrogen-bond acceptors (Lipinski definition) is 8. The third-order valence-electron chi connectivity index (χ3n) is 6.37. The van der Waals surface area contributed by atoms with E-state index in [1.165, 1.54) is 16.1 Å². The number of thioether (sulfide) groups is 1. The fourth-order valence-corrected chi connectivity index (χ4v) is 7.12. The van der Waals surface area contributed by atoms with Crippen LogP contribution in [0.1, 0.15) is 12.0 Å². The highest BCUT2D eigenvalue weighted by Crippen LogP contribution is 2.35. The number of carbonyl (C=O) groups excluding carboxylic acids is 1. The van der Waals surface area contributed by atoms with Crippen molar-refractivity contribution in [1.29, 1.82) is 0 Å². The van der Waals surface area contributed by atoms with Crippen LogP contribution < -0.4 is 0 Å². The molecule has 0 aliphatic carbocycles. The first-order valence-corrected chi connectivity index (χ1v) is 15.1. The molecule has 0 spiro atoms. The zero-order valence-electron chi connectivity index (χ0n) is 21.4. The van der Waals surface area contributed by atoms with Crippen molar-refractivity contribution in [2.45, 2.75) is 11.3 Å². The Morgan fingerprint density at radius 1 is 1.13 bits per heavy atom. The number of carbonyl (C=O) groups is 1. The van der Waals surface area contributed by atoms with Gasteiger partial charge in [0.15, 0.2) is 0 Å². The molecule has 0 atom stereocenters. The number of amides is 1. The normalized spacial score (nSPS) is 17.9. The Bertz CT molecular complexity index is 1500. The van der Waals surface area contributed by atoms with Crippen LogP contribution in [0.4, 0.5) is 0 Å². The predicted molar refractivity (Wildman–Crippen MR) is 155 cm³/mol. The molecule has 1 aromatic heterocycles. The highest BCUT2D eigenvalue weighted by atomic mass is 32.2. The molecule has 2 aliphatic rings. The number of morpholine rings is 1. The first-order valence-electron chi connectivity index (χ1n) is 12.5. The van der Waals surface area contributed by atoms with E-state index >= 15 is 0 Å². The molecule has 0 unspecified atom stereocenters. The summed E-state index contributed by atoms with van der Waals surface area (Å²) in [6, 6.07) is 16.4. The maximum atomic E-state index is 13.3. The maximum Gasteiger partial charge on any atom is 0.266 e. The van der Waals surface area contributed by atoms with Crippen molar-refractivity contribution in [3.05, 3.63) is 71.3 Å². The summed E-state index contributed by atoms with van der Waals surface area (Å²) in [7, 11) is -2.07. The minimum absolute atomic E-state index is 0.164. The number of methoxy groups -OCH3 is 1. The number of para-hydroxylation sites is 1. The van der Waals surface area contributed by atoms with Crippen LogP contribution in [0.25, 0.3) is 23.0 Å². The van der Waals surface area contributed by atoms with Crippen LogP contribution in [0.3, 0.4) is 0 Å². The second-order valence-electron chi connectivity index (χ2n) is 8.94. The summed E-state index contributed by atoms with van der Waals surface area (Å²) < 4.78 is 40.8. The van der Waals surface area contributed by atoms with Crippen LogP contribution >= 0.6 is 24.0 Å². The molecule has 39 heavy (non-hydrogen) atoms. The van der Waals surface area contributed by atoms with E-state index in [0.29, 0.717) is 71.9 Å². The number of thiocarbonyl (C=S) groups is 1. The van der Waals surface area contributed by atoms with Crippen molar-refractivity contribution in [3.63, 3.8) is 0 Å². The SMILES string of the molecule is COCCCN1C(=O)C(=Cc2cn(-c3ccccc3)nc2-c2cccc(S(=O)(=O)N3CCOCC3)c2)SC1=S. The fourth-order valence-electron chi connectivity index (χ4n) is 4.37. The topological polar surface area (TPSA) is 94.0 Å². The van der Waals surface area contributed by atoms with E-state index in [1.807, 2.05) is 42.6 Å². The van der Waals surface area contributed by atoms with Gasteiger partial charge in [0, 0.05) is 50.7 Å². The molecular weight excluding hydrogens is 557 g/mol. The average molecular weight is 585 g/mol. The van der Waals surface area contributed by atoms with Crippen LogP contribution in [0.2, 0.25) is 0 Å². The maximum absolute atomic E-state index is 13.3. The van der Waals surface area contributed by atoms with Crippen LogP contribution in [0.15, 0.2) is 70.6 Å². The van der Waals surface area contributed by atoms with Crippen molar-refractivity contribution in [3.8, 4) is 16.9 Å². The highest BCUT2D eigenvalue weighted by Gasteiger charge is 2.32. The molecule has 2 saturated heterocycles. The van der Waals surface area contributed by atoms with Gasteiger partial charge in [0.2, 0.25) is 10.0 Å². The van der Waals surface area contributed by atoms with E-state index in [4.69, 9.17) is 26.8 Å². The van der Waals surface area contributed by atoms with Crippen LogP contribution in [-0.4, -0.2) is 84.2 Å². The van der Waals surface area contributed by atoms with E-state index < -0.39 is 10.0 Å². The predicted octanol–water partition coefficient (Wildman–Crippen LogP) is 3.80. The lowest BCUT2D eigenvalue weighted by atomic mass is 10.1. The van der Waals surface area contributed by atoms with Crippen molar-refractivity contribution in [2.75, 3.05) is 46.6 Å². The number of hydrogen-bond donors (Lipinski definition) is 0. The number of aromatic nitrogens is 2. The Morgan fingerprint density at radius 2 is 1.90 bits per heavy atom. The molecule has 204 valence electrons. The molecule has 12 heteroatoms. The van der Waals surface area contributed by atoms with Gasteiger partial charge in [-0.1, -0.05) is 54.3 Å². The molecule has 9 nitrogen and oxygen atoms in total. The smallest absolute Gasteiger partial charge is 0.266 e. The van der Waals surface area contributed by atoms with Crippen molar-refractivity contribution >= 4 is 50.3 Å². The van der Waals surface area contributed by atoms with E-state index in [2.05, 4.69) is 0 Å². The van der Waals surface area contributed by atoms with E-state index in [0.717, 1.165) is 5.69 Å². The molecule has 3 aromatic rings. The van der Waals surface area contributed by atoms with Crippen molar-refractivity contribution in [2.24, 2.45) is 0 Å². The molecule has 0 saturated carbocycles. The third-order valence-corrected chi connectivity index (χ3v) is 9.64. The molecule has 0 N–H and O–H groups in total. The summed E-state index contributed by atoms with van der Waals surface area (Å²) in [5, 5.41) is 4.81. The lowest BCUT2D eigenvalue weighted by Gasteiger charge is -2.26. The quantitative estimate of drug-likeness (QED) is 0.213. The van der Waals surface area contributed by atoms with E-state index in [-0.39, 0.29) is 10.8 Å². The minimum Gasteiger partial charge on any atom is -0.385 e. The Labute approximate surface area is 237 Å². The van der Waals surface area contributed by atoms with Crippen molar-refractivity contribution < 1.29 is 22.7 Å². The van der Waals surface area contributed by atoms with Gasteiger partial charge in [0.1, 0.15) is 10.0 Å². The zero-order valence-corrected chi connectivity index (χ0v) is 23.8. The number of benzene rings is 2. The molecule has 2 aliphatic heterocycles. The average Bonchev–Trinajstić information content (AvgIpc) is 3.50. The fraction of sp³-hybridized carbons (Fsp3) is 0.296.